The van der Waals surface area contributed by atoms with Gasteiger partial charge in [0.15, 0.2) is 5.43 Å². The number of aromatic amines is 1. The van der Waals surface area contributed by atoms with E-state index in [1.54, 1.807) is 12.4 Å². The van der Waals surface area contributed by atoms with Crippen molar-refractivity contribution in [3.05, 3.63) is 77.2 Å². The van der Waals surface area contributed by atoms with Crippen molar-refractivity contribution in [3.8, 4) is 11.1 Å². The van der Waals surface area contributed by atoms with Crippen LogP contribution in [0, 0.1) is 0 Å². The van der Waals surface area contributed by atoms with Crippen molar-refractivity contribution in [2.75, 3.05) is 0 Å². The van der Waals surface area contributed by atoms with Crippen LogP contribution in [0.15, 0.2) is 71.8 Å². The fourth-order valence-corrected chi connectivity index (χ4v) is 3.45. The van der Waals surface area contributed by atoms with Crippen LogP contribution >= 0.6 is 0 Å². The molecule has 1 N–H and O–H groups in total. The minimum absolute atomic E-state index is 0.0506. The lowest BCUT2D eigenvalue weighted by atomic mass is 9.92. The number of rotatable bonds is 1. The average molecular weight is 296 g/mol. The molecule has 0 amide bonds. The van der Waals surface area contributed by atoms with Crippen molar-refractivity contribution in [2.24, 2.45) is 0 Å². The third-order valence-corrected chi connectivity index (χ3v) is 4.48. The van der Waals surface area contributed by atoms with Crippen LogP contribution in [0.4, 0.5) is 0 Å². The molecule has 0 aliphatic carbocycles. The highest BCUT2D eigenvalue weighted by atomic mass is 16.1. The second-order valence-electron chi connectivity index (χ2n) is 5.73. The minimum atomic E-state index is 0.0506. The highest BCUT2D eigenvalue weighted by Crippen LogP contribution is 2.36. The van der Waals surface area contributed by atoms with E-state index in [9.17, 15) is 4.79 Å². The van der Waals surface area contributed by atoms with Crippen molar-refractivity contribution in [1.29, 1.82) is 0 Å². The van der Waals surface area contributed by atoms with Gasteiger partial charge in [0.25, 0.3) is 0 Å². The van der Waals surface area contributed by atoms with Gasteiger partial charge in [-0.25, -0.2) is 4.98 Å². The summed E-state index contributed by atoms with van der Waals surface area (Å²) < 4.78 is 0. The van der Waals surface area contributed by atoms with Crippen molar-refractivity contribution in [3.63, 3.8) is 0 Å². The zero-order valence-corrected chi connectivity index (χ0v) is 12.2. The normalized spacial score (nSPS) is 11.7. The smallest absolute Gasteiger partial charge is 0.187 e. The Morgan fingerprint density at radius 3 is 2.52 bits per heavy atom. The zero-order chi connectivity index (χ0) is 15.4. The first-order chi connectivity index (χ1) is 11.3. The predicted molar refractivity (Wildman–Crippen MR) is 94.0 cm³/mol. The second-order valence-corrected chi connectivity index (χ2v) is 5.73. The van der Waals surface area contributed by atoms with E-state index >= 15 is 0 Å². The molecule has 23 heavy (non-hydrogen) atoms. The van der Waals surface area contributed by atoms with Crippen LogP contribution in [0.25, 0.3) is 43.7 Å². The minimum Gasteiger partial charge on any atom is -0.346 e. The lowest BCUT2D eigenvalue weighted by Gasteiger charge is -2.12. The maximum absolute atomic E-state index is 12.6. The lowest BCUT2D eigenvalue weighted by Crippen LogP contribution is -2.03. The maximum Gasteiger partial charge on any atom is 0.187 e. The number of hydrogen-bond donors (Lipinski definition) is 1. The summed E-state index contributed by atoms with van der Waals surface area (Å²) in [5.74, 6) is 0. The third-order valence-electron chi connectivity index (χ3n) is 4.48. The van der Waals surface area contributed by atoms with E-state index in [1.807, 2.05) is 42.5 Å². The van der Waals surface area contributed by atoms with Gasteiger partial charge in [0.2, 0.25) is 0 Å². The zero-order valence-electron chi connectivity index (χ0n) is 12.2. The summed E-state index contributed by atoms with van der Waals surface area (Å²) in [6.45, 7) is 0. The van der Waals surface area contributed by atoms with E-state index in [-0.39, 0.29) is 5.43 Å². The van der Waals surface area contributed by atoms with Crippen molar-refractivity contribution >= 4 is 32.6 Å². The van der Waals surface area contributed by atoms with Crippen molar-refractivity contribution in [1.82, 2.24) is 9.97 Å². The molecule has 0 aliphatic heterocycles. The summed E-state index contributed by atoms with van der Waals surface area (Å²) in [7, 11) is 0. The van der Waals surface area contributed by atoms with Crippen LogP contribution < -0.4 is 5.43 Å². The van der Waals surface area contributed by atoms with Gasteiger partial charge in [-0.1, -0.05) is 36.4 Å². The first-order valence-corrected chi connectivity index (χ1v) is 7.53. The molecule has 0 saturated heterocycles. The molecule has 3 heteroatoms. The molecule has 3 nitrogen and oxygen atoms in total. The second kappa shape index (κ2) is 4.40. The van der Waals surface area contributed by atoms with E-state index in [4.69, 9.17) is 0 Å². The molecule has 0 radical (unpaired) electrons. The fraction of sp³-hybridized carbons (Fsp3) is 0. The Morgan fingerprint density at radius 1 is 0.826 bits per heavy atom. The molecule has 0 unspecified atom stereocenters. The number of benzene rings is 4. The number of aromatic nitrogens is 2. The quantitative estimate of drug-likeness (QED) is 0.468. The standard InChI is InChI=1S/C20H12N2O/c23-18-10-15(12-4-2-1-3-5-12)13-6-8-16-20-17(22-11-21-16)9-7-14(18)19(13)20/h1-11H,(H,21,22). The fourth-order valence-electron chi connectivity index (χ4n) is 3.45. The van der Waals surface area contributed by atoms with Gasteiger partial charge in [0.05, 0.1) is 11.8 Å². The highest BCUT2D eigenvalue weighted by Gasteiger charge is 2.14. The van der Waals surface area contributed by atoms with Crippen molar-refractivity contribution in [2.45, 2.75) is 0 Å². The van der Waals surface area contributed by atoms with Gasteiger partial charge in [0, 0.05) is 21.7 Å². The number of nitrogens with zero attached hydrogens (tertiary/aromatic N) is 1. The third kappa shape index (κ3) is 1.64. The summed E-state index contributed by atoms with van der Waals surface area (Å²) >= 11 is 0. The number of hydrogen-bond acceptors (Lipinski definition) is 2. The molecular weight excluding hydrogens is 284 g/mol. The highest BCUT2D eigenvalue weighted by molar-refractivity contribution is 6.23. The Bertz CT molecular complexity index is 1210. The molecule has 0 bridgehead atoms. The lowest BCUT2D eigenvalue weighted by molar-refractivity contribution is 1.26. The summed E-state index contributed by atoms with van der Waals surface area (Å²) in [5, 5.41) is 3.86. The van der Waals surface area contributed by atoms with Gasteiger partial charge >= 0.3 is 0 Å². The first kappa shape index (κ1) is 12.4. The molecule has 0 spiro atoms. The average Bonchev–Trinajstić information content (AvgIpc) is 2.61. The molecule has 108 valence electrons. The predicted octanol–water partition coefficient (Wildman–Crippen LogP) is 4.33. The molecule has 4 aromatic carbocycles. The van der Waals surface area contributed by atoms with Gasteiger partial charge in [-0.3, -0.25) is 4.79 Å². The van der Waals surface area contributed by atoms with Crippen LogP contribution in [0.5, 0.6) is 0 Å². The molecule has 0 fully saturated rings. The van der Waals surface area contributed by atoms with Crippen LogP contribution in [0.2, 0.25) is 0 Å². The van der Waals surface area contributed by atoms with Crippen LogP contribution in [-0.2, 0) is 0 Å². The Hall–Kier alpha value is -3.20. The molecule has 0 saturated carbocycles. The van der Waals surface area contributed by atoms with Gasteiger partial charge in [0.1, 0.15) is 0 Å². The van der Waals surface area contributed by atoms with Gasteiger partial charge in [-0.05, 0) is 40.8 Å². The van der Waals surface area contributed by atoms with Crippen LogP contribution in [-0.4, -0.2) is 9.97 Å². The molecule has 1 aromatic heterocycles. The number of H-pyrrole nitrogens is 1. The summed E-state index contributed by atoms with van der Waals surface area (Å²) in [5.41, 5.74) is 3.98. The van der Waals surface area contributed by atoms with Gasteiger partial charge in [-0.2, -0.15) is 0 Å². The van der Waals surface area contributed by atoms with Gasteiger partial charge < -0.3 is 4.98 Å². The van der Waals surface area contributed by atoms with E-state index in [1.165, 1.54) is 0 Å². The maximum atomic E-state index is 12.6. The van der Waals surface area contributed by atoms with Crippen LogP contribution in [0.3, 0.4) is 0 Å². The SMILES string of the molecule is O=c1cc(-c2ccccc2)c2ccc3[nH]cnc4ccc1c2c43. The Kier molecular flexibility index (Phi) is 2.36. The largest absolute Gasteiger partial charge is 0.346 e. The summed E-state index contributed by atoms with van der Waals surface area (Å²) in [4.78, 5) is 20.2. The summed E-state index contributed by atoms with van der Waals surface area (Å²) in [6, 6.07) is 19.7. The molecule has 0 atom stereocenters. The Labute approximate surface area is 131 Å². The van der Waals surface area contributed by atoms with Crippen LogP contribution in [0.1, 0.15) is 0 Å². The first-order valence-electron chi connectivity index (χ1n) is 7.53. The van der Waals surface area contributed by atoms with E-state index in [0.29, 0.717) is 0 Å². The number of nitrogens with one attached hydrogen (secondary N) is 1. The molecule has 0 aliphatic rings. The molecular formula is C20H12N2O. The molecule has 1 heterocycles. The topological polar surface area (TPSA) is 45.8 Å². The monoisotopic (exact) mass is 296 g/mol. The van der Waals surface area contributed by atoms with E-state index in [0.717, 1.165) is 43.7 Å². The van der Waals surface area contributed by atoms with E-state index in [2.05, 4.69) is 22.1 Å². The Balaban J connectivity index is 2.08. The van der Waals surface area contributed by atoms with Gasteiger partial charge in [-0.15, -0.1) is 0 Å². The van der Waals surface area contributed by atoms with E-state index < -0.39 is 0 Å². The Morgan fingerprint density at radius 2 is 1.65 bits per heavy atom. The molecule has 5 aromatic rings. The molecule has 5 rings (SSSR count). The summed E-state index contributed by atoms with van der Waals surface area (Å²) in [6.07, 6.45) is 1.69. The van der Waals surface area contributed by atoms with Crippen molar-refractivity contribution < 1.29 is 0 Å².